The Balaban J connectivity index is 1.28. The average molecular weight is 472 g/mol. The molecule has 3 aromatic rings. The third-order valence-electron chi connectivity index (χ3n) is 6.52. The van der Waals surface area contributed by atoms with Crippen molar-refractivity contribution in [2.75, 3.05) is 25.5 Å². The highest BCUT2D eigenvalue weighted by Gasteiger charge is 2.32. The zero-order valence-electron chi connectivity index (χ0n) is 20.1. The molecule has 1 fully saturated rings. The summed E-state index contributed by atoms with van der Waals surface area (Å²) in [5.74, 6) is 0.472. The molecule has 6 heteroatoms. The fourth-order valence-corrected chi connectivity index (χ4v) is 4.55. The highest BCUT2D eigenvalue weighted by molar-refractivity contribution is 5.95. The number of rotatable bonds is 9. The van der Waals surface area contributed by atoms with Gasteiger partial charge in [-0.2, -0.15) is 0 Å². The van der Waals surface area contributed by atoms with E-state index in [-0.39, 0.29) is 23.8 Å². The summed E-state index contributed by atoms with van der Waals surface area (Å²) in [5, 5.41) is 9.46. The Kier molecular flexibility index (Phi) is 8.39. The van der Waals surface area contributed by atoms with Crippen LogP contribution in [0.15, 0.2) is 78.9 Å². The van der Waals surface area contributed by atoms with Crippen molar-refractivity contribution < 1.29 is 14.3 Å². The van der Waals surface area contributed by atoms with Crippen molar-refractivity contribution >= 4 is 17.5 Å². The number of amides is 2. The molecular formula is C29H33N3O3. The maximum absolute atomic E-state index is 12.9. The van der Waals surface area contributed by atoms with Gasteiger partial charge >= 0.3 is 0 Å². The zero-order valence-corrected chi connectivity index (χ0v) is 20.1. The van der Waals surface area contributed by atoms with Crippen LogP contribution in [-0.2, 0) is 4.79 Å². The maximum Gasteiger partial charge on any atom is 0.251 e. The van der Waals surface area contributed by atoms with Gasteiger partial charge in [0.1, 0.15) is 5.75 Å². The molecule has 182 valence electrons. The summed E-state index contributed by atoms with van der Waals surface area (Å²) in [5.41, 5.74) is 3.77. The van der Waals surface area contributed by atoms with Crippen LogP contribution in [0.3, 0.4) is 0 Å². The van der Waals surface area contributed by atoms with Crippen LogP contribution in [0.4, 0.5) is 5.69 Å². The molecule has 6 nitrogen and oxygen atoms in total. The summed E-state index contributed by atoms with van der Waals surface area (Å²) in [6, 6.07) is 25.2. The molecule has 1 saturated carbocycles. The average Bonchev–Trinajstić information content (AvgIpc) is 2.92. The molecule has 4 rings (SSSR count). The number of benzene rings is 3. The highest BCUT2D eigenvalue weighted by atomic mass is 16.5. The van der Waals surface area contributed by atoms with E-state index in [9.17, 15) is 9.59 Å². The minimum absolute atomic E-state index is 0.00552. The van der Waals surface area contributed by atoms with Gasteiger partial charge in [0.25, 0.3) is 5.91 Å². The van der Waals surface area contributed by atoms with Gasteiger partial charge in [0.05, 0.1) is 13.0 Å². The van der Waals surface area contributed by atoms with E-state index >= 15 is 0 Å². The topological polar surface area (TPSA) is 79.5 Å². The molecule has 0 bridgehead atoms. The summed E-state index contributed by atoms with van der Waals surface area (Å²) >= 11 is 0. The largest absolute Gasteiger partial charge is 0.497 e. The number of carbonyl (C=O) groups excluding carboxylic acids is 2. The number of hydrogen-bond donors (Lipinski definition) is 3. The Morgan fingerprint density at radius 3 is 2.23 bits per heavy atom. The Hall–Kier alpha value is -3.80. The monoisotopic (exact) mass is 471 g/mol. The van der Waals surface area contributed by atoms with Gasteiger partial charge in [-0.25, -0.2) is 0 Å². The summed E-state index contributed by atoms with van der Waals surface area (Å²) in [6.45, 7) is 1.14. The van der Waals surface area contributed by atoms with Gasteiger partial charge in [-0.05, 0) is 60.4 Å². The van der Waals surface area contributed by atoms with Gasteiger partial charge < -0.3 is 20.7 Å². The lowest BCUT2D eigenvalue weighted by atomic mass is 9.83. The van der Waals surface area contributed by atoms with E-state index in [4.69, 9.17) is 4.74 Å². The molecule has 0 heterocycles. The fourth-order valence-electron chi connectivity index (χ4n) is 4.55. The molecule has 0 unspecified atom stereocenters. The first-order chi connectivity index (χ1) is 17.1. The van der Waals surface area contributed by atoms with Crippen molar-refractivity contribution in [1.29, 1.82) is 0 Å². The molecule has 0 saturated heterocycles. The third kappa shape index (κ3) is 6.63. The summed E-state index contributed by atoms with van der Waals surface area (Å²) in [6.07, 6.45) is 3.62. The van der Waals surface area contributed by atoms with Gasteiger partial charge in [0.15, 0.2) is 0 Å². The van der Waals surface area contributed by atoms with E-state index < -0.39 is 0 Å². The normalized spacial score (nSPS) is 17.3. The zero-order chi connectivity index (χ0) is 24.5. The standard InChI is InChI=1S/C29H33N3O3/c1-35-25-17-15-24(16-18-25)30-19-20-31-29(34)26-9-5-6-10-27(26)32-28(33)23-13-11-22(12-14-23)21-7-3-2-4-8-21/h2-4,7-8,11-18,26-27,30H,5-6,9-10,19-20H2,1H3,(H,31,34)(H,32,33)/t26-,27+/m1/s1. The van der Waals surface area contributed by atoms with Gasteiger partial charge in [-0.3, -0.25) is 9.59 Å². The quantitative estimate of drug-likeness (QED) is 0.389. The molecular weight excluding hydrogens is 438 g/mol. The van der Waals surface area contributed by atoms with Crippen LogP contribution >= 0.6 is 0 Å². The molecule has 3 aromatic carbocycles. The van der Waals surface area contributed by atoms with E-state index in [0.717, 1.165) is 48.2 Å². The number of carbonyl (C=O) groups is 2. The second-order valence-electron chi connectivity index (χ2n) is 8.86. The Bertz CT molecular complexity index is 1100. The van der Waals surface area contributed by atoms with E-state index in [0.29, 0.717) is 18.7 Å². The molecule has 2 amide bonds. The number of methoxy groups -OCH3 is 1. The number of ether oxygens (including phenoxy) is 1. The Morgan fingerprint density at radius 2 is 1.51 bits per heavy atom. The predicted octanol–water partition coefficient (Wildman–Crippen LogP) is 4.88. The van der Waals surface area contributed by atoms with Crippen molar-refractivity contribution in [2.24, 2.45) is 5.92 Å². The lowest BCUT2D eigenvalue weighted by Gasteiger charge is -2.31. The van der Waals surface area contributed by atoms with Crippen LogP contribution in [0.25, 0.3) is 11.1 Å². The van der Waals surface area contributed by atoms with Crippen LogP contribution < -0.4 is 20.7 Å². The number of hydrogen-bond acceptors (Lipinski definition) is 4. The van der Waals surface area contributed by atoms with Crippen molar-refractivity contribution in [3.63, 3.8) is 0 Å². The first-order valence-electron chi connectivity index (χ1n) is 12.3. The summed E-state index contributed by atoms with van der Waals surface area (Å²) in [4.78, 5) is 25.8. The first-order valence-corrected chi connectivity index (χ1v) is 12.3. The fraction of sp³-hybridized carbons (Fsp3) is 0.310. The van der Waals surface area contributed by atoms with Crippen LogP contribution in [0.1, 0.15) is 36.0 Å². The number of nitrogens with one attached hydrogen (secondary N) is 3. The SMILES string of the molecule is COc1ccc(NCCNC(=O)[C@@H]2CCCC[C@@H]2NC(=O)c2ccc(-c3ccccc3)cc2)cc1. The molecule has 2 atom stereocenters. The van der Waals surface area contributed by atoms with E-state index in [2.05, 4.69) is 16.0 Å². The first kappa shape index (κ1) is 24.3. The van der Waals surface area contributed by atoms with E-state index in [1.165, 1.54) is 0 Å². The predicted molar refractivity (Wildman–Crippen MR) is 140 cm³/mol. The van der Waals surface area contributed by atoms with Crippen LogP contribution in [0.2, 0.25) is 0 Å². The van der Waals surface area contributed by atoms with E-state index in [1.807, 2.05) is 78.9 Å². The third-order valence-corrected chi connectivity index (χ3v) is 6.52. The molecule has 1 aliphatic carbocycles. The minimum Gasteiger partial charge on any atom is -0.497 e. The minimum atomic E-state index is -0.211. The smallest absolute Gasteiger partial charge is 0.251 e. The van der Waals surface area contributed by atoms with Crippen LogP contribution in [-0.4, -0.2) is 38.1 Å². The van der Waals surface area contributed by atoms with Gasteiger partial charge in [0.2, 0.25) is 5.91 Å². The second kappa shape index (κ2) is 12.1. The summed E-state index contributed by atoms with van der Waals surface area (Å²) in [7, 11) is 1.64. The molecule has 3 N–H and O–H groups in total. The number of anilines is 1. The van der Waals surface area contributed by atoms with Crippen molar-refractivity contribution in [1.82, 2.24) is 10.6 Å². The van der Waals surface area contributed by atoms with E-state index in [1.54, 1.807) is 7.11 Å². The van der Waals surface area contributed by atoms with Crippen LogP contribution in [0, 0.1) is 5.92 Å². The van der Waals surface area contributed by atoms with Gasteiger partial charge in [-0.15, -0.1) is 0 Å². The van der Waals surface area contributed by atoms with Gasteiger partial charge in [0, 0.05) is 30.4 Å². The molecule has 1 aliphatic rings. The molecule has 0 radical (unpaired) electrons. The van der Waals surface area contributed by atoms with Crippen molar-refractivity contribution in [3.05, 3.63) is 84.4 Å². The summed E-state index contributed by atoms with van der Waals surface area (Å²) < 4.78 is 5.17. The lowest BCUT2D eigenvalue weighted by Crippen LogP contribution is -2.49. The molecule has 0 aromatic heterocycles. The molecule has 0 aliphatic heterocycles. The lowest BCUT2D eigenvalue weighted by molar-refractivity contribution is -0.126. The Labute approximate surface area is 207 Å². The van der Waals surface area contributed by atoms with Gasteiger partial charge in [-0.1, -0.05) is 55.3 Å². The highest BCUT2D eigenvalue weighted by Crippen LogP contribution is 2.25. The van der Waals surface area contributed by atoms with Crippen molar-refractivity contribution in [2.45, 2.75) is 31.7 Å². The van der Waals surface area contributed by atoms with Crippen LogP contribution in [0.5, 0.6) is 5.75 Å². The van der Waals surface area contributed by atoms with Crippen molar-refractivity contribution in [3.8, 4) is 16.9 Å². The second-order valence-corrected chi connectivity index (χ2v) is 8.86. The molecule has 0 spiro atoms. The maximum atomic E-state index is 12.9. The Morgan fingerprint density at radius 1 is 0.829 bits per heavy atom. The molecule has 35 heavy (non-hydrogen) atoms.